The minimum absolute atomic E-state index is 0.0426. The molecule has 0 radical (unpaired) electrons. The van der Waals surface area contributed by atoms with E-state index in [9.17, 15) is 18.8 Å². The summed E-state index contributed by atoms with van der Waals surface area (Å²) < 4.78 is 18.4. The van der Waals surface area contributed by atoms with Crippen molar-refractivity contribution in [2.45, 2.75) is 25.4 Å². The zero-order valence-corrected chi connectivity index (χ0v) is 19.8. The van der Waals surface area contributed by atoms with Crippen LogP contribution >= 0.6 is 11.8 Å². The molecule has 2 aliphatic heterocycles. The third-order valence-corrected chi connectivity index (χ3v) is 6.74. The van der Waals surface area contributed by atoms with Crippen molar-refractivity contribution in [1.29, 1.82) is 0 Å². The Morgan fingerprint density at radius 3 is 2.64 bits per heavy atom. The summed E-state index contributed by atoms with van der Waals surface area (Å²) in [7, 11) is 0. The lowest BCUT2D eigenvalue weighted by Gasteiger charge is -2.31. The number of rotatable bonds is 8. The molecule has 182 valence electrons. The second-order valence-electron chi connectivity index (χ2n) is 8.18. The van der Waals surface area contributed by atoms with E-state index in [4.69, 9.17) is 9.41 Å². The van der Waals surface area contributed by atoms with Crippen molar-refractivity contribution in [1.82, 2.24) is 10.2 Å². The maximum atomic E-state index is 13.2. The SMILES string of the molecule is O=C(CCC1C(=O)N=C2c3ccccc3N=C(SCC(=O)c3ccc(F)cc3)N21)NCc1ccco1. The summed E-state index contributed by atoms with van der Waals surface area (Å²) in [5.74, 6) is -0.0553. The lowest BCUT2D eigenvalue weighted by atomic mass is 10.1. The summed E-state index contributed by atoms with van der Waals surface area (Å²) in [5, 5.41) is 3.23. The smallest absolute Gasteiger partial charge is 0.270 e. The lowest BCUT2D eigenvalue weighted by Crippen LogP contribution is -2.44. The molecule has 2 aromatic carbocycles. The zero-order chi connectivity index (χ0) is 25.1. The molecule has 8 nitrogen and oxygen atoms in total. The summed E-state index contributed by atoms with van der Waals surface area (Å²) in [6, 6.07) is 15.5. The molecule has 10 heteroatoms. The number of para-hydroxylation sites is 1. The normalized spacial score (nSPS) is 16.2. The Morgan fingerprint density at radius 2 is 1.86 bits per heavy atom. The Bertz CT molecular complexity index is 1370. The van der Waals surface area contributed by atoms with Gasteiger partial charge in [-0.1, -0.05) is 23.9 Å². The van der Waals surface area contributed by atoms with Crippen LogP contribution in [0.25, 0.3) is 0 Å². The fraction of sp³-hybridized carbons (Fsp3) is 0.192. The molecule has 3 aromatic rings. The first-order valence-corrected chi connectivity index (χ1v) is 12.3. The number of fused-ring (bicyclic) bond motifs is 3. The number of aliphatic imine (C=N–C) groups is 2. The number of amides is 2. The number of carbonyl (C=O) groups is 3. The molecule has 0 spiro atoms. The molecule has 1 N–H and O–H groups in total. The molecule has 0 saturated heterocycles. The third-order valence-electron chi connectivity index (χ3n) is 5.79. The highest BCUT2D eigenvalue weighted by atomic mass is 32.2. The Balaban J connectivity index is 1.31. The maximum absolute atomic E-state index is 13.2. The van der Waals surface area contributed by atoms with Crippen LogP contribution in [0.1, 0.15) is 34.5 Å². The highest BCUT2D eigenvalue weighted by Crippen LogP contribution is 2.35. The van der Waals surface area contributed by atoms with E-state index < -0.39 is 11.9 Å². The van der Waals surface area contributed by atoms with Crippen molar-refractivity contribution in [3.05, 3.63) is 89.6 Å². The predicted octanol–water partition coefficient (Wildman–Crippen LogP) is 4.09. The standard InChI is InChI=1S/C26H21FN4O4S/c27-17-9-7-16(8-10-17)22(32)15-36-26-29-20-6-2-1-5-19(20)24-30-25(34)21(31(24)26)11-12-23(33)28-14-18-4-3-13-35-18/h1-10,13,21H,11-12,14-15H2,(H,28,33). The fourth-order valence-electron chi connectivity index (χ4n) is 3.98. The molecular formula is C26H21FN4O4S. The largest absolute Gasteiger partial charge is 0.467 e. The van der Waals surface area contributed by atoms with Gasteiger partial charge in [-0.2, -0.15) is 4.99 Å². The second kappa shape index (κ2) is 10.3. The molecule has 1 atom stereocenters. The molecule has 0 bridgehead atoms. The lowest BCUT2D eigenvalue weighted by molar-refractivity contribution is -0.122. The highest BCUT2D eigenvalue weighted by Gasteiger charge is 2.41. The minimum Gasteiger partial charge on any atom is -0.467 e. The topological polar surface area (TPSA) is 104 Å². The van der Waals surface area contributed by atoms with Gasteiger partial charge in [-0.25, -0.2) is 9.38 Å². The molecule has 1 unspecified atom stereocenters. The Labute approximate surface area is 210 Å². The van der Waals surface area contributed by atoms with Gasteiger partial charge in [-0.15, -0.1) is 0 Å². The van der Waals surface area contributed by atoms with Crippen LogP contribution < -0.4 is 5.32 Å². The number of furan rings is 1. The summed E-state index contributed by atoms with van der Waals surface area (Å²) in [4.78, 5) is 48.7. The van der Waals surface area contributed by atoms with E-state index in [0.717, 1.165) is 0 Å². The van der Waals surface area contributed by atoms with E-state index in [0.29, 0.717) is 33.6 Å². The minimum atomic E-state index is -0.713. The number of ketones is 1. The number of halogens is 1. The molecule has 2 amide bonds. The van der Waals surface area contributed by atoms with Crippen LogP contribution in [0, 0.1) is 5.82 Å². The van der Waals surface area contributed by atoms with Gasteiger partial charge in [0.1, 0.15) is 23.5 Å². The number of nitrogens with zero attached hydrogens (tertiary/aromatic N) is 3. The molecule has 0 fully saturated rings. The monoisotopic (exact) mass is 504 g/mol. The molecule has 2 aliphatic rings. The van der Waals surface area contributed by atoms with Gasteiger partial charge in [0.2, 0.25) is 5.91 Å². The average molecular weight is 505 g/mol. The molecular weight excluding hydrogens is 483 g/mol. The maximum Gasteiger partial charge on any atom is 0.270 e. The Hall–Kier alpha value is -4.05. The molecule has 36 heavy (non-hydrogen) atoms. The van der Waals surface area contributed by atoms with Crippen molar-refractivity contribution in [3.63, 3.8) is 0 Å². The number of amidine groups is 2. The van der Waals surface area contributed by atoms with Crippen LogP contribution in [0.5, 0.6) is 0 Å². The van der Waals surface area contributed by atoms with Crippen molar-refractivity contribution in [2.24, 2.45) is 9.98 Å². The second-order valence-corrected chi connectivity index (χ2v) is 9.13. The quantitative estimate of drug-likeness (QED) is 0.464. The number of Topliss-reactive ketones (excluding diaryl/α,β-unsaturated/α-hetero) is 1. The number of thioether (sulfide) groups is 1. The van der Waals surface area contributed by atoms with Crippen molar-refractivity contribution in [2.75, 3.05) is 5.75 Å². The first kappa shape index (κ1) is 23.7. The molecule has 0 saturated carbocycles. The molecule has 3 heterocycles. The predicted molar refractivity (Wildman–Crippen MR) is 134 cm³/mol. The number of hydrogen-bond donors (Lipinski definition) is 1. The van der Waals surface area contributed by atoms with Crippen molar-refractivity contribution < 1.29 is 23.2 Å². The van der Waals surface area contributed by atoms with E-state index in [-0.39, 0.29) is 42.7 Å². The van der Waals surface area contributed by atoms with Crippen LogP contribution in [0.3, 0.4) is 0 Å². The highest BCUT2D eigenvalue weighted by molar-refractivity contribution is 8.14. The summed E-state index contributed by atoms with van der Waals surface area (Å²) in [6.45, 7) is 0.261. The summed E-state index contributed by atoms with van der Waals surface area (Å²) in [6.07, 6.45) is 1.86. The molecule has 5 rings (SSSR count). The third kappa shape index (κ3) is 4.99. The van der Waals surface area contributed by atoms with E-state index >= 15 is 0 Å². The van der Waals surface area contributed by atoms with Gasteiger partial charge in [-0.05, 0) is 55.0 Å². The number of hydrogen-bond acceptors (Lipinski definition) is 7. The van der Waals surface area contributed by atoms with Gasteiger partial charge in [0.15, 0.2) is 11.0 Å². The van der Waals surface area contributed by atoms with E-state index in [2.05, 4.69) is 10.3 Å². The number of nitrogens with one attached hydrogen (secondary N) is 1. The van der Waals surface area contributed by atoms with Gasteiger partial charge in [-0.3, -0.25) is 19.3 Å². The summed E-state index contributed by atoms with van der Waals surface area (Å²) >= 11 is 1.18. The van der Waals surface area contributed by atoms with E-state index in [1.807, 2.05) is 24.3 Å². The van der Waals surface area contributed by atoms with Crippen LogP contribution in [0.2, 0.25) is 0 Å². The molecule has 1 aromatic heterocycles. The van der Waals surface area contributed by atoms with Gasteiger partial charge in [0, 0.05) is 17.5 Å². The van der Waals surface area contributed by atoms with Crippen molar-refractivity contribution in [3.8, 4) is 0 Å². The average Bonchev–Trinajstić information content (AvgIpc) is 3.52. The Kier molecular flexibility index (Phi) is 6.77. The van der Waals surface area contributed by atoms with Gasteiger partial charge < -0.3 is 9.73 Å². The van der Waals surface area contributed by atoms with Crippen LogP contribution in [-0.2, 0) is 16.1 Å². The first-order chi connectivity index (χ1) is 17.5. The van der Waals surface area contributed by atoms with E-state index in [1.165, 1.54) is 42.3 Å². The van der Waals surface area contributed by atoms with Crippen LogP contribution in [0.15, 0.2) is 81.3 Å². The van der Waals surface area contributed by atoms with Crippen LogP contribution in [-0.4, -0.2) is 45.3 Å². The van der Waals surface area contributed by atoms with Gasteiger partial charge in [0.05, 0.1) is 24.2 Å². The summed E-state index contributed by atoms with van der Waals surface area (Å²) in [5.41, 5.74) is 1.75. The fourth-order valence-corrected chi connectivity index (χ4v) is 4.92. The van der Waals surface area contributed by atoms with Crippen molar-refractivity contribution >= 4 is 46.1 Å². The number of benzene rings is 2. The van der Waals surface area contributed by atoms with Gasteiger partial charge >= 0.3 is 0 Å². The Morgan fingerprint density at radius 1 is 1.06 bits per heavy atom. The number of carbonyl (C=O) groups excluding carboxylic acids is 3. The first-order valence-electron chi connectivity index (χ1n) is 11.3. The van der Waals surface area contributed by atoms with E-state index in [1.54, 1.807) is 17.0 Å². The van der Waals surface area contributed by atoms with Gasteiger partial charge in [0.25, 0.3) is 5.91 Å². The molecule has 0 aliphatic carbocycles. The van der Waals surface area contributed by atoms with Crippen LogP contribution in [0.4, 0.5) is 10.1 Å². The zero-order valence-electron chi connectivity index (χ0n) is 19.0.